The Labute approximate surface area is 383 Å². The van der Waals surface area contributed by atoms with Crippen LogP contribution in [0.3, 0.4) is 0 Å². The van der Waals surface area contributed by atoms with E-state index in [1.807, 2.05) is 52.0 Å². The maximum absolute atomic E-state index is 13.7. The predicted octanol–water partition coefficient (Wildman–Crippen LogP) is 7.69. The quantitative estimate of drug-likeness (QED) is 0.134. The molecule has 0 spiro atoms. The fraction of sp³-hybridized carbons (Fsp3) is 0.520. The molecule has 6 amide bonds. The van der Waals surface area contributed by atoms with E-state index in [2.05, 4.69) is 95.5 Å². The smallest absolute Gasteiger partial charge is 0.407 e. The van der Waals surface area contributed by atoms with Gasteiger partial charge in [-0.15, -0.1) is 0 Å². The number of nitrogens with one attached hydrogen (secondary N) is 4. The van der Waals surface area contributed by atoms with Crippen LogP contribution in [0.2, 0.25) is 0 Å². The van der Waals surface area contributed by atoms with Gasteiger partial charge in [-0.3, -0.25) is 19.2 Å². The Morgan fingerprint density at radius 3 is 1.29 bits per heavy atom. The zero-order valence-electron chi connectivity index (χ0n) is 39.3. The molecule has 65 heavy (non-hydrogen) atoms. The Bertz CT molecular complexity index is 2050. The molecule has 4 N–H and O–H groups in total. The van der Waals surface area contributed by atoms with Crippen molar-refractivity contribution in [1.29, 1.82) is 0 Å². The highest BCUT2D eigenvalue weighted by Gasteiger charge is 2.41. The SMILES string of the molecule is COC(=O)NC(C(=O)N1CCC[C@H]1C(=O)Nc1ccc(C2CCC(c3ccc(NC(=O)[C@@H]4CCCN4C(=O)[C@@H](NC(=O)OC)C(C)C)cc3)N2c2ccc(C(C)(C)C)cc2)cc1)C(C)C. The molecule has 6 atom stereocenters. The number of carbonyl (C=O) groups is 6. The van der Waals surface area contributed by atoms with Crippen molar-refractivity contribution in [2.45, 2.75) is 129 Å². The molecular weight excluding hydrogens is 827 g/mol. The van der Waals surface area contributed by atoms with E-state index < -0.39 is 36.4 Å². The van der Waals surface area contributed by atoms with Gasteiger partial charge in [-0.2, -0.15) is 0 Å². The molecule has 6 rings (SSSR count). The first-order chi connectivity index (χ1) is 30.9. The van der Waals surface area contributed by atoms with Crippen molar-refractivity contribution in [3.8, 4) is 0 Å². The molecule has 15 heteroatoms. The van der Waals surface area contributed by atoms with Crippen LogP contribution in [0.5, 0.6) is 0 Å². The van der Waals surface area contributed by atoms with Gasteiger partial charge >= 0.3 is 12.2 Å². The van der Waals surface area contributed by atoms with Gasteiger partial charge in [0, 0.05) is 30.2 Å². The normalized spacial score (nSPS) is 20.6. The first kappa shape index (κ1) is 48.3. The molecule has 15 nitrogen and oxygen atoms in total. The van der Waals surface area contributed by atoms with Gasteiger partial charge in [0.2, 0.25) is 23.6 Å². The molecule has 3 unspecified atom stereocenters. The summed E-state index contributed by atoms with van der Waals surface area (Å²) < 4.78 is 9.49. The Morgan fingerprint density at radius 2 is 0.954 bits per heavy atom. The number of hydrogen-bond acceptors (Lipinski definition) is 9. The third-order valence-electron chi connectivity index (χ3n) is 13.0. The van der Waals surface area contributed by atoms with Crippen LogP contribution in [0.4, 0.5) is 26.7 Å². The Kier molecular flexibility index (Phi) is 15.5. The molecule has 3 aromatic rings. The molecule has 3 saturated heterocycles. The second-order valence-electron chi connectivity index (χ2n) is 19.1. The summed E-state index contributed by atoms with van der Waals surface area (Å²) in [6.45, 7) is 14.8. The second kappa shape index (κ2) is 20.8. The zero-order valence-corrected chi connectivity index (χ0v) is 39.3. The first-order valence-corrected chi connectivity index (χ1v) is 22.9. The van der Waals surface area contributed by atoms with E-state index in [-0.39, 0.29) is 53.0 Å². The maximum Gasteiger partial charge on any atom is 0.407 e. The van der Waals surface area contributed by atoms with Gasteiger partial charge in [-0.1, -0.05) is 84.9 Å². The molecule has 3 aromatic carbocycles. The summed E-state index contributed by atoms with van der Waals surface area (Å²) in [4.78, 5) is 84.1. The molecule has 350 valence electrons. The van der Waals surface area contributed by atoms with Gasteiger partial charge in [-0.25, -0.2) is 9.59 Å². The van der Waals surface area contributed by atoms with E-state index in [1.54, 1.807) is 9.80 Å². The van der Waals surface area contributed by atoms with Crippen molar-refractivity contribution < 1.29 is 38.2 Å². The van der Waals surface area contributed by atoms with Gasteiger partial charge in [0.25, 0.3) is 0 Å². The van der Waals surface area contributed by atoms with Crippen LogP contribution < -0.4 is 26.2 Å². The first-order valence-electron chi connectivity index (χ1n) is 22.9. The number of amides is 6. The van der Waals surface area contributed by atoms with Gasteiger partial charge in [0.15, 0.2) is 0 Å². The lowest BCUT2D eigenvalue weighted by molar-refractivity contribution is -0.139. The average molecular weight is 894 g/mol. The topological polar surface area (TPSA) is 179 Å². The van der Waals surface area contributed by atoms with Gasteiger partial charge in [-0.05, 0) is 109 Å². The van der Waals surface area contributed by atoms with Crippen LogP contribution in [-0.2, 0) is 34.1 Å². The summed E-state index contributed by atoms with van der Waals surface area (Å²) in [5.41, 5.74) is 5.75. The van der Waals surface area contributed by atoms with Crippen molar-refractivity contribution in [2.75, 3.05) is 42.8 Å². The van der Waals surface area contributed by atoms with E-state index in [0.717, 1.165) is 29.7 Å². The number of rotatable bonds is 13. The molecule has 0 aliphatic carbocycles. The Hall–Kier alpha value is -6.12. The molecule has 3 heterocycles. The molecular formula is C50H67N7O8. The summed E-state index contributed by atoms with van der Waals surface area (Å²) in [7, 11) is 2.50. The molecule has 3 aliphatic rings. The van der Waals surface area contributed by atoms with E-state index in [0.29, 0.717) is 50.1 Å². The fourth-order valence-electron chi connectivity index (χ4n) is 9.35. The van der Waals surface area contributed by atoms with Gasteiger partial charge in [0.1, 0.15) is 24.2 Å². The van der Waals surface area contributed by atoms with E-state index in [9.17, 15) is 28.8 Å². The van der Waals surface area contributed by atoms with E-state index >= 15 is 0 Å². The van der Waals surface area contributed by atoms with Crippen LogP contribution in [0, 0.1) is 11.8 Å². The number of methoxy groups -OCH3 is 2. The number of alkyl carbamates (subject to hydrolysis) is 2. The van der Waals surface area contributed by atoms with Crippen LogP contribution in [-0.4, -0.2) is 97.1 Å². The standard InChI is InChI=1S/C50H67N7O8/c1-30(2)42(53-48(62)64-8)46(60)55-28-10-12-40(55)44(58)51-35-20-14-32(15-21-35)38-26-27-39(57(38)37-24-18-34(19-25-37)50(5,6)7)33-16-22-36(23-17-33)52-45(59)41-13-11-29-56(41)47(61)43(31(3)4)54-49(63)65-9/h14-25,30-31,38-43H,10-13,26-29H2,1-9H3,(H,51,58)(H,52,59)(H,53,62)(H,54,63)/t38?,39?,40-,41-,42-,43?/m0/s1. The van der Waals surface area contributed by atoms with E-state index in [4.69, 9.17) is 9.47 Å². The summed E-state index contributed by atoms with van der Waals surface area (Å²) in [6.07, 6.45) is 2.77. The summed E-state index contributed by atoms with van der Waals surface area (Å²) in [5, 5.41) is 11.3. The van der Waals surface area contributed by atoms with Crippen molar-refractivity contribution >= 4 is 52.9 Å². The highest BCUT2D eigenvalue weighted by atomic mass is 16.5. The molecule has 0 radical (unpaired) electrons. The summed E-state index contributed by atoms with van der Waals surface area (Å²) in [5.74, 6) is -1.55. The lowest BCUT2D eigenvalue weighted by Gasteiger charge is -2.34. The lowest BCUT2D eigenvalue weighted by Crippen LogP contribution is -2.54. The highest BCUT2D eigenvalue weighted by molar-refractivity contribution is 5.99. The Morgan fingerprint density at radius 1 is 0.569 bits per heavy atom. The molecule has 0 bridgehead atoms. The van der Waals surface area contributed by atoms with Crippen LogP contribution in [0.15, 0.2) is 72.8 Å². The minimum atomic E-state index is -0.814. The lowest BCUT2D eigenvalue weighted by atomic mass is 9.87. The van der Waals surface area contributed by atoms with Crippen molar-refractivity contribution in [1.82, 2.24) is 20.4 Å². The Balaban J connectivity index is 1.17. The predicted molar refractivity (Wildman–Crippen MR) is 250 cm³/mol. The van der Waals surface area contributed by atoms with Crippen LogP contribution in [0.25, 0.3) is 0 Å². The molecule has 3 fully saturated rings. The number of likely N-dealkylation sites (tertiary alicyclic amines) is 2. The van der Waals surface area contributed by atoms with Crippen LogP contribution >= 0.6 is 0 Å². The maximum atomic E-state index is 13.7. The molecule has 0 aromatic heterocycles. The summed E-state index contributed by atoms with van der Waals surface area (Å²) in [6, 6.07) is 21.7. The van der Waals surface area contributed by atoms with Crippen molar-refractivity contribution in [3.63, 3.8) is 0 Å². The van der Waals surface area contributed by atoms with E-state index in [1.165, 1.54) is 19.8 Å². The number of nitrogens with zero attached hydrogens (tertiary/aromatic N) is 3. The molecule has 3 aliphatic heterocycles. The monoisotopic (exact) mass is 894 g/mol. The van der Waals surface area contributed by atoms with Gasteiger partial charge in [0.05, 0.1) is 26.3 Å². The van der Waals surface area contributed by atoms with Crippen molar-refractivity contribution in [2.24, 2.45) is 11.8 Å². The van der Waals surface area contributed by atoms with Crippen LogP contribution in [0.1, 0.15) is 116 Å². The number of anilines is 3. The minimum absolute atomic E-state index is 0.0132. The second-order valence-corrected chi connectivity index (χ2v) is 19.1. The zero-order chi connectivity index (χ0) is 47.2. The number of benzene rings is 3. The number of hydrogen-bond donors (Lipinski definition) is 4. The third kappa shape index (κ3) is 11.2. The average Bonchev–Trinajstić information content (AvgIpc) is 4.08. The fourth-order valence-corrected chi connectivity index (χ4v) is 9.35. The highest BCUT2D eigenvalue weighted by Crippen LogP contribution is 2.47. The summed E-state index contributed by atoms with van der Waals surface area (Å²) >= 11 is 0. The number of ether oxygens (including phenoxy) is 2. The minimum Gasteiger partial charge on any atom is -0.453 e. The number of carbonyl (C=O) groups excluding carboxylic acids is 6. The third-order valence-corrected chi connectivity index (χ3v) is 13.0. The molecule has 0 saturated carbocycles. The largest absolute Gasteiger partial charge is 0.453 e. The van der Waals surface area contributed by atoms with Crippen molar-refractivity contribution in [3.05, 3.63) is 89.5 Å². The van der Waals surface area contributed by atoms with Gasteiger partial charge < -0.3 is 45.4 Å².